The van der Waals surface area contributed by atoms with Crippen molar-refractivity contribution in [1.82, 2.24) is 9.88 Å². The number of hydrogen-bond donors (Lipinski definition) is 0. The van der Waals surface area contributed by atoms with E-state index in [4.69, 9.17) is 4.74 Å². The highest BCUT2D eigenvalue weighted by molar-refractivity contribution is 5.87. The number of amides is 1. The second kappa shape index (κ2) is 6.71. The zero-order chi connectivity index (χ0) is 17.3. The SMILES string of the molecule is CN1CCCC1c1ccc(N(C(=O)OC(C)(C)C)C2CCC2)nc1. The van der Waals surface area contributed by atoms with Crippen molar-refractivity contribution in [3.05, 3.63) is 23.9 Å². The molecule has 1 saturated heterocycles. The molecule has 1 saturated carbocycles. The fourth-order valence-electron chi connectivity index (χ4n) is 3.45. The largest absolute Gasteiger partial charge is 0.443 e. The Bertz CT molecular complexity index is 575. The van der Waals surface area contributed by atoms with Crippen molar-refractivity contribution in [1.29, 1.82) is 0 Å². The third-order valence-corrected chi connectivity index (χ3v) is 4.95. The van der Waals surface area contributed by atoms with E-state index in [2.05, 4.69) is 23.0 Å². The molecule has 24 heavy (non-hydrogen) atoms. The van der Waals surface area contributed by atoms with E-state index in [0.29, 0.717) is 11.9 Å². The topological polar surface area (TPSA) is 45.7 Å². The standard InChI is InChI=1S/C19H29N3O2/c1-19(2,3)24-18(23)22(15-7-5-8-15)17-11-10-14(13-20-17)16-9-6-12-21(16)4/h10-11,13,15-16H,5-9,12H2,1-4H3. The number of ether oxygens (including phenoxy) is 1. The molecule has 2 aliphatic rings. The molecule has 0 aromatic carbocycles. The summed E-state index contributed by atoms with van der Waals surface area (Å²) in [6.07, 6.45) is 7.25. The number of nitrogens with zero attached hydrogens (tertiary/aromatic N) is 3. The van der Waals surface area contributed by atoms with Gasteiger partial charge in [0.2, 0.25) is 0 Å². The molecule has 1 aromatic rings. The van der Waals surface area contributed by atoms with Gasteiger partial charge in [0.05, 0.1) is 0 Å². The zero-order valence-corrected chi connectivity index (χ0v) is 15.3. The first-order valence-corrected chi connectivity index (χ1v) is 9.03. The summed E-state index contributed by atoms with van der Waals surface area (Å²) < 4.78 is 5.60. The minimum absolute atomic E-state index is 0.215. The van der Waals surface area contributed by atoms with Crippen LogP contribution in [0.5, 0.6) is 0 Å². The molecule has 1 amide bonds. The van der Waals surface area contributed by atoms with Gasteiger partial charge >= 0.3 is 6.09 Å². The Labute approximate surface area is 145 Å². The molecular weight excluding hydrogens is 302 g/mol. The average molecular weight is 331 g/mol. The summed E-state index contributed by atoms with van der Waals surface area (Å²) in [4.78, 5) is 21.4. The second-order valence-corrected chi connectivity index (χ2v) is 8.02. The molecule has 5 nitrogen and oxygen atoms in total. The Morgan fingerprint density at radius 2 is 2.00 bits per heavy atom. The number of hydrogen-bond acceptors (Lipinski definition) is 4. The third kappa shape index (κ3) is 3.72. The predicted molar refractivity (Wildman–Crippen MR) is 95.2 cm³/mol. The molecule has 1 aromatic heterocycles. The molecule has 2 heterocycles. The van der Waals surface area contributed by atoms with Crippen LogP contribution in [0.3, 0.4) is 0 Å². The van der Waals surface area contributed by atoms with Gasteiger partial charge in [-0.15, -0.1) is 0 Å². The second-order valence-electron chi connectivity index (χ2n) is 8.02. The van der Waals surface area contributed by atoms with Gasteiger partial charge in [-0.2, -0.15) is 0 Å². The average Bonchev–Trinajstić information content (AvgIpc) is 2.87. The van der Waals surface area contributed by atoms with Gasteiger partial charge in [-0.3, -0.25) is 9.80 Å². The molecular formula is C19H29N3O2. The first-order valence-electron chi connectivity index (χ1n) is 9.03. The van der Waals surface area contributed by atoms with Crippen molar-refractivity contribution in [2.75, 3.05) is 18.5 Å². The Morgan fingerprint density at radius 1 is 1.25 bits per heavy atom. The number of pyridine rings is 1. The van der Waals surface area contributed by atoms with Crippen LogP contribution < -0.4 is 4.90 Å². The van der Waals surface area contributed by atoms with Gasteiger partial charge in [-0.25, -0.2) is 9.78 Å². The Hall–Kier alpha value is -1.62. The van der Waals surface area contributed by atoms with E-state index in [9.17, 15) is 4.79 Å². The van der Waals surface area contributed by atoms with Crippen molar-refractivity contribution in [3.8, 4) is 0 Å². The number of carbonyl (C=O) groups is 1. The van der Waals surface area contributed by atoms with E-state index in [1.807, 2.05) is 33.0 Å². The van der Waals surface area contributed by atoms with Gasteiger partial charge in [0, 0.05) is 18.3 Å². The first kappa shape index (κ1) is 17.2. The summed E-state index contributed by atoms with van der Waals surface area (Å²) in [5, 5.41) is 0. The molecule has 2 fully saturated rings. The van der Waals surface area contributed by atoms with Crippen LogP contribution in [0.1, 0.15) is 64.5 Å². The van der Waals surface area contributed by atoms with Crippen LogP contribution in [0.4, 0.5) is 10.6 Å². The Kier molecular flexibility index (Phi) is 4.81. The summed E-state index contributed by atoms with van der Waals surface area (Å²) in [6.45, 7) is 6.83. The van der Waals surface area contributed by atoms with Crippen molar-refractivity contribution in [3.63, 3.8) is 0 Å². The van der Waals surface area contributed by atoms with E-state index < -0.39 is 5.60 Å². The van der Waals surface area contributed by atoms with Gasteiger partial charge in [0.1, 0.15) is 11.4 Å². The normalized spacial score (nSPS) is 22.2. The van der Waals surface area contributed by atoms with Crippen LogP contribution in [0.15, 0.2) is 18.3 Å². The van der Waals surface area contributed by atoms with Crippen molar-refractivity contribution < 1.29 is 9.53 Å². The van der Waals surface area contributed by atoms with E-state index in [0.717, 1.165) is 25.8 Å². The number of likely N-dealkylation sites (tertiary alicyclic amines) is 1. The van der Waals surface area contributed by atoms with E-state index >= 15 is 0 Å². The van der Waals surface area contributed by atoms with Crippen LogP contribution in [0.2, 0.25) is 0 Å². The van der Waals surface area contributed by atoms with Crippen LogP contribution in [-0.2, 0) is 4.74 Å². The Balaban J connectivity index is 1.78. The lowest BCUT2D eigenvalue weighted by atomic mass is 9.91. The molecule has 5 heteroatoms. The first-order chi connectivity index (χ1) is 11.3. The van der Waals surface area contributed by atoms with Crippen LogP contribution >= 0.6 is 0 Å². The van der Waals surface area contributed by atoms with Gasteiger partial charge in [0.25, 0.3) is 0 Å². The molecule has 1 aliphatic heterocycles. The molecule has 0 spiro atoms. The summed E-state index contributed by atoms with van der Waals surface area (Å²) in [7, 11) is 2.16. The molecule has 0 radical (unpaired) electrons. The molecule has 3 rings (SSSR count). The quantitative estimate of drug-likeness (QED) is 0.835. The number of rotatable bonds is 3. The summed E-state index contributed by atoms with van der Waals surface area (Å²) in [5.41, 5.74) is 0.738. The van der Waals surface area contributed by atoms with E-state index in [1.165, 1.54) is 18.4 Å². The molecule has 0 bridgehead atoms. The number of carbonyl (C=O) groups excluding carboxylic acids is 1. The molecule has 1 aliphatic carbocycles. The number of aromatic nitrogens is 1. The Morgan fingerprint density at radius 3 is 2.46 bits per heavy atom. The summed E-state index contributed by atoms with van der Waals surface area (Å²) >= 11 is 0. The van der Waals surface area contributed by atoms with Crippen LogP contribution in [0, 0.1) is 0 Å². The maximum Gasteiger partial charge on any atom is 0.416 e. The smallest absolute Gasteiger partial charge is 0.416 e. The molecule has 0 N–H and O–H groups in total. The maximum atomic E-state index is 12.6. The van der Waals surface area contributed by atoms with Crippen molar-refractivity contribution in [2.45, 2.75) is 70.6 Å². The van der Waals surface area contributed by atoms with Gasteiger partial charge in [-0.1, -0.05) is 6.07 Å². The maximum absolute atomic E-state index is 12.6. The molecule has 1 unspecified atom stereocenters. The van der Waals surface area contributed by atoms with E-state index in [1.54, 1.807) is 4.90 Å². The lowest BCUT2D eigenvalue weighted by Gasteiger charge is -2.37. The summed E-state index contributed by atoms with van der Waals surface area (Å²) in [6, 6.07) is 4.76. The minimum Gasteiger partial charge on any atom is -0.443 e. The molecule has 132 valence electrons. The lowest BCUT2D eigenvalue weighted by molar-refractivity contribution is 0.0548. The fraction of sp³-hybridized carbons (Fsp3) is 0.684. The van der Waals surface area contributed by atoms with Crippen LogP contribution in [-0.4, -0.2) is 41.2 Å². The molecule has 1 atom stereocenters. The van der Waals surface area contributed by atoms with Crippen LogP contribution in [0.25, 0.3) is 0 Å². The third-order valence-electron chi connectivity index (χ3n) is 4.95. The summed E-state index contributed by atoms with van der Waals surface area (Å²) in [5.74, 6) is 0.707. The highest BCUT2D eigenvalue weighted by Gasteiger charge is 2.34. The minimum atomic E-state index is -0.494. The van der Waals surface area contributed by atoms with Gasteiger partial charge < -0.3 is 4.74 Å². The van der Waals surface area contributed by atoms with Gasteiger partial charge in [-0.05, 0) is 78.1 Å². The fourth-order valence-corrected chi connectivity index (χ4v) is 3.45. The number of anilines is 1. The highest BCUT2D eigenvalue weighted by atomic mass is 16.6. The highest BCUT2D eigenvalue weighted by Crippen LogP contribution is 2.33. The van der Waals surface area contributed by atoms with E-state index in [-0.39, 0.29) is 12.1 Å². The monoisotopic (exact) mass is 331 g/mol. The van der Waals surface area contributed by atoms with Gasteiger partial charge in [0.15, 0.2) is 0 Å². The predicted octanol–water partition coefficient (Wildman–Crippen LogP) is 4.14. The van der Waals surface area contributed by atoms with Crippen molar-refractivity contribution in [2.24, 2.45) is 0 Å². The van der Waals surface area contributed by atoms with Crippen molar-refractivity contribution >= 4 is 11.9 Å². The lowest BCUT2D eigenvalue weighted by Crippen LogP contribution is -2.47. The zero-order valence-electron chi connectivity index (χ0n) is 15.3.